The molecule has 3 aromatic rings. The van der Waals surface area contributed by atoms with Gasteiger partial charge >= 0.3 is 0 Å². The molecule has 0 amide bonds. The maximum absolute atomic E-state index is 7.57. The predicted molar refractivity (Wildman–Crippen MR) is 88.8 cm³/mol. The van der Waals surface area contributed by atoms with Crippen LogP contribution < -0.4 is 0 Å². The van der Waals surface area contributed by atoms with E-state index in [1.165, 1.54) is 5.56 Å². The van der Waals surface area contributed by atoms with Crippen LogP contribution in [0.3, 0.4) is 0 Å². The molecule has 2 aromatic carbocycles. The Balaban J connectivity index is 0.000000497. The molecule has 108 valence electrons. The van der Waals surface area contributed by atoms with Gasteiger partial charge in [0, 0.05) is 13.7 Å². The van der Waals surface area contributed by atoms with Crippen molar-refractivity contribution < 1.29 is 5.11 Å². The lowest BCUT2D eigenvalue weighted by atomic mass is 10.2. The molecule has 1 N–H and O–H groups in total. The summed E-state index contributed by atoms with van der Waals surface area (Å²) in [5.74, 6) is 0.972. The number of aliphatic hydroxyl groups is 1. The van der Waals surface area contributed by atoms with Crippen LogP contribution in [0.15, 0.2) is 54.6 Å². The highest BCUT2D eigenvalue weighted by Crippen LogP contribution is 2.16. The summed E-state index contributed by atoms with van der Waals surface area (Å²) in [5, 5.41) is 7.57. The van der Waals surface area contributed by atoms with Crippen molar-refractivity contribution >= 4 is 23.2 Å². The molecule has 0 fully saturated rings. The van der Waals surface area contributed by atoms with E-state index in [9.17, 15) is 0 Å². The summed E-state index contributed by atoms with van der Waals surface area (Å²) in [6.45, 7) is 1.93. The minimum absolute atomic E-state index is 0.250. The number of aliphatic hydroxyl groups excluding tert-OH is 1. The van der Waals surface area contributed by atoms with Crippen molar-refractivity contribution in [3.63, 3.8) is 0 Å². The van der Waals surface area contributed by atoms with Gasteiger partial charge in [0.2, 0.25) is 0 Å². The number of nitrogens with zero attached hydrogens (tertiary/aromatic N) is 2. The fraction of sp³-hybridized carbons (Fsp3) is 0.167. The molecule has 0 aliphatic carbocycles. The van der Waals surface area contributed by atoms with Crippen LogP contribution in [0, 0.1) is 0 Å². The Hall–Kier alpha value is -2.39. The third kappa shape index (κ3) is 3.80. The Morgan fingerprint density at radius 2 is 1.62 bits per heavy atom. The molecule has 0 bridgehead atoms. The molecular weight excluding hydrogens is 260 g/mol. The van der Waals surface area contributed by atoms with E-state index in [4.69, 9.17) is 5.11 Å². The summed E-state index contributed by atoms with van der Waals surface area (Å²) in [7, 11) is 2.04. The molecule has 1 heterocycles. The fourth-order valence-corrected chi connectivity index (χ4v) is 2.05. The molecule has 0 saturated heterocycles. The largest absolute Gasteiger partial charge is 0.397 e. The monoisotopic (exact) mass is 280 g/mol. The van der Waals surface area contributed by atoms with Gasteiger partial charge in [-0.25, -0.2) is 4.98 Å². The number of benzene rings is 2. The fourth-order valence-electron chi connectivity index (χ4n) is 2.05. The summed E-state index contributed by atoms with van der Waals surface area (Å²) >= 11 is 0. The Bertz CT molecular complexity index is 714. The van der Waals surface area contributed by atoms with Crippen LogP contribution in [0.4, 0.5) is 0 Å². The summed E-state index contributed by atoms with van der Waals surface area (Å²) < 4.78 is 2.11. The molecular formula is C18H20N2O. The third-order valence-corrected chi connectivity index (χ3v) is 3.05. The van der Waals surface area contributed by atoms with Gasteiger partial charge in [-0.05, 0) is 30.7 Å². The lowest BCUT2D eigenvalue weighted by Gasteiger charge is -1.96. The molecule has 0 aliphatic rings. The summed E-state index contributed by atoms with van der Waals surface area (Å²) in [4.78, 5) is 4.60. The third-order valence-electron chi connectivity index (χ3n) is 3.05. The van der Waals surface area contributed by atoms with Crippen molar-refractivity contribution in [2.45, 2.75) is 6.92 Å². The molecule has 3 nitrogen and oxygen atoms in total. The molecule has 1 aromatic heterocycles. The van der Waals surface area contributed by atoms with Gasteiger partial charge in [0.15, 0.2) is 0 Å². The zero-order valence-corrected chi connectivity index (χ0v) is 12.4. The molecule has 3 rings (SSSR count). The SMILES string of the molecule is CCO.Cn1c(/C=C/c2ccccc2)nc2ccccc21. The maximum Gasteiger partial charge on any atom is 0.133 e. The molecule has 0 radical (unpaired) electrons. The van der Waals surface area contributed by atoms with Crippen LogP contribution in [-0.4, -0.2) is 21.3 Å². The first kappa shape index (κ1) is 15.0. The Labute approximate surface area is 125 Å². The summed E-state index contributed by atoms with van der Waals surface area (Å²) in [6.07, 6.45) is 4.14. The summed E-state index contributed by atoms with van der Waals surface area (Å²) in [5.41, 5.74) is 3.38. The van der Waals surface area contributed by atoms with Crippen LogP contribution in [0.2, 0.25) is 0 Å². The van der Waals surface area contributed by atoms with Crippen LogP contribution in [0.25, 0.3) is 23.2 Å². The van der Waals surface area contributed by atoms with Crippen molar-refractivity contribution in [1.29, 1.82) is 0 Å². The second-order valence-electron chi connectivity index (χ2n) is 4.58. The van der Waals surface area contributed by atoms with E-state index in [0.717, 1.165) is 16.9 Å². The highest BCUT2D eigenvalue weighted by molar-refractivity contribution is 5.79. The highest BCUT2D eigenvalue weighted by atomic mass is 16.2. The van der Waals surface area contributed by atoms with Crippen LogP contribution in [0.1, 0.15) is 18.3 Å². The van der Waals surface area contributed by atoms with Crippen LogP contribution in [0.5, 0.6) is 0 Å². The first-order valence-electron chi connectivity index (χ1n) is 7.01. The molecule has 0 aliphatic heterocycles. The van der Waals surface area contributed by atoms with E-state index >= 15 is 0 Å². The number of fused-ring (bicyclic) bond motifs is 1. The minimum Gasteiger partial charge on any atom is -0.397 e. The lowest BCUT2D eigenvalue weighted by molar-refractivity contribution is 0.318. The average molecular weight is 280 g/mol. The average Bonchev–Trinajstić information content (AvgIpc) is 2.84. The number of para-hydroxylation sites is 2. The van der Waals surface area contributed by atoms with Gasteiger partial charge in [-0.1, -0.05) is 48.5 Å². The van der Waals surface area contributed by atoms with Gasteiger partial charge < -0.3 is 9.67 Å². The van der Waals surface area contributed by atoms with Crippen LogP contribution >= 0.6 is 0 Å². The molecule has 0 atom stereocenters. The Morgan fingerprint density at radius 1 is 1.00 bits per heavy atom. The molecule has 0 saturated carbocycles. The van der Waals surface area contributed by atoms with Crippen molar-refractivity contribution in [3.05, 3.63) is 66.0 Å². The first-order valence-corrected chi connectivity index (χ1v) is 7.01. The standard InChI is InChI=1S/C16H14N2.C2H6O/c1-18-15-10-6-5-9-14(15)17-16(18)12-11-13-7-3-2-4-8-13;1-2-3/h2-12H,1H3;3H,2H2,1H3/b12-11+;. The normalized spacial score (nSPS) is 10.6. The second-order valence-corrected chi connectivity index (χ2v) is 4.58. The molecule has 3 heteroatoms. The number of hydrogen-bond acceptors (Lipinski definition) is 2. The van der Waals surface area contributed by atoms with Gasteiger partial charge in [0.05, 0.1) is 11.0 Å². The van der Waals surface area contributed by atoms with E-state index < -0.39 is 0 Å². The number of hydrogen-bond donors (Lipinski definition) is 1. The first-order chi connectivity index (χ1) is 10.3. The Kier molecular flexibility index (Phi) is 5.29. The number of imidazole rings is 1. The van der Waals surface area contributed by atoms with E-state index in [1.54, 1.807) is 6.92 Å². The van der Waals surface area contributed by atoms with Crippen LogP contribution in [-0.2, 0) is 7.05 Å². The van der Waals surface area contributed by atoms with Gasteiger partial charge in [-0.3, -0.25) is 0 Å². The maximum atomic E-state index is 7.57. The minimum atomic E-state index is 0.250. The molecule has 0 unspecified atom stereocenters. The number of aromatic nitrogens is 2. The van der Waals surface area contributed by atoms with Crippen molar-refractivity contribution in [3.8, 4) is 0 Å². The highest BCUT2D eigenvalue weighted by Gasteiger charge is 2.03. The smallest absolute Gasteiger partial charge is 0.133 e. The van der Waals surface area contributed by atoms with Gasteiger partial charge in [-0.15, -0.1) is 0 Å². The predicted octanol–water partition coefficient (Wildman–Crippen LogP) is 3.74. The molecule has 0 spiro atoms. The summed E-state index contributed by atoms with van der Waals surface area (Å²) in [6, 6.07) is 18.4. The number of rotatable bonds is 2. The van der Waals surface area contributed by atoms with Crippen molar-refractivity contribution in [2.24, 2.45) is 7.05 Å². The van der Waals surface area contributed by atoms with Crippen molar-refractivity contribution in [2.75, 3.05) is 6.61 Å². The van der Waals surface area contributed by atoms with E-state index in [2.05, 4.69) is 39.9 Å². The van der Waals surface area contributed by atoms with E-state index in [-0.39, 0.29) is 6.61 Å². The lowest BCUT2D eigenvalue weighted by Crippen LogP contribution is -1.90. The quantitative estimate of drug-likeness (QED) is 0.776. The van der Waals surface area contributed by atoms with E-state index in [1.807, 2.05) is 43.4 Å². The number of aryl methyl sites for hydroxylation is 1. The van der Waals surface area contributed by atoms with Gasteiger partial charge in [0.1, 0.15) is 5.82 Å². The zero-order valence-electron chi connectivity index (χ0n) is 12.4. The van der Waals surface area contributed by atoms with E-state index in [0.29, 0.717) is 0 Å². The second kappa shape index (κ2) is 7.41. The Morgan fingerprint density at radius 3 is 2.29 bits per heavy atom. The zero-order chi connectivity index (χ0) is 15.1. The van der Waals surface area contributed by atoms with Gasteiger partial charge in [0.25, 0.3) is 0 Å². The van der Waals surface area contributed by atoms with Gasteiger partial charge in [-0.2, -0.15) is 0 Å². The topological polar surface area (TPSA) is 38.0 Å². The molecule has 21 heavy (non-hydrogen) atoms. The van der Waals surface area contributed by atoms with Crippen molar-refractivity contribution in [1.82, 2.24) is 9.55 Å².